The normalized spacial score (nSPS) is 16.5. The summed E-state index contributed by atoms with van der Waals surface area (Å²) in [5.74, 6) is 0.0168. The van der Waals surface area contributed by atoms with Crippen LogP contribution in [0.5, 0.6) is 0 Å². The van der Waals surface area contributed by atoms with E-state index in [0.717, 1.165) is 12.8 Å². The molecule has 0 saturated carbocycles. The molecule has 0 spiro atoms. The highest BCUT2D eigenvalue weighted by Crippen LogP contribution is 2.56. The van der Waals surface area contributed by atoms with Crippen LogP contribution in [0.4, 0.5) is 0 Å². The molecule has 11 aromatic rings. The monoisotopic (exact) mass is 1070 g/mol. The summed E-state index contributed by atoms with van der Waals surface area (Å²) in [6.07, 6.45) is 15.1. The summed E-state index contributed by atoms with van der Waals surface area (Å²) < 4.78 is 0. The minimum absolute atomic E-state index is 0.0168. The van der Waals surface area contributed by atoms with E-state index in [1.54, 1.807) is 5.57 Å². The van der Waals surface area contributed by atoms with Gasteiger partial charge >= 0.3 is 0 Å². The van der Waals surface area contributed by atoms with Crippen LogP contribution in [0.15, 0.2) is 242 Å². The number of fused-ring (bicyclic) bond motifs is 11. The van der Waals surface area contributed by atoms with E-state index < -0.39 is 0 Å². The molecule has 0 aromatic heterocycles. The zero-order chi connectivity index (χ0) is 56.5. The zero-order valence-electron chi connectivity index (χ0n) is 49.2. The molecule has 0 N–H and O–H groups in total. The number of allylic oxidation sites excluding steroid dienone is 8. The van der Waals surface area contributed by atoms with E-state index in [1.807, 2.05) is 0 Å². The van der Waals surface area contributed by atoms with Crippen LogP contribution < -0.4 is 0 Å². The minimum atomic E-state index is -0.207. The molecule has 0 heteroatoms. The number of benzene rings is 11. The van der Waals surface area contributed by atoms with Gasteiger partial charge in [-0.1, -0.05) is 260 Å². The van der Waals surface area contributed by atoms with Crippen molar-refractivity contribution in [2.45, 2.75) is 96.8 Å². The molecule has 1 atom stereocenters. The Morgan fingerprint density at radius 2 is 0.952 bits per heavy atom. The first-order chi connectivity index (χ1) is 40.3. The van der Waals surface area contributed by atoms with E-state index in [2.05, 4.69) is 292 Å². The molecule has 83 heavy (non-hydrogen) atoms. The lowest BCUT2D eigenvalue weighted by molar-refractivity contribution is 0.598. The van der Waals surface area contributed by atoms with Crippen molar-refractivity contribution in [1.82, 2.24) is 0 Å². The van der Waals surface area contributed by atoms with Gasteiger partial charge in [-0.25, -0.2) is 0 Å². The van der Waals surface area contributed by atoms with Crippen molar-refractivity contribution in [3.63, 3.8) is 0 Å². The fourth-order valence-electron chi connectivity index (χ4n) is 15.8. The lowest BCUT2D eigenvalue weighted by Crippen LogP contribution is -2.17. The van der Waals surface area contributed by atoms with Crippen LogP contribution in [-0.4, -0.2) is 0 Å². The van der Waals surface area contributed by atoms with E-state index in [9.17, 15) is 0 Å². The number of hydrogen-bond donors (Lipinski definition) is 0. The predicted octanol–water partition coefficient (Wildman–Crippen LogP) is 23.0. The third kappa shape index (κ3) is 7.78. The molecule has 0 radical (unpaired) electrons. The Morgan fingerprint density at radius 3 is 1.72 bits per heavy atom. The average Bonchev–Trinajstić information content (AvgIpc) is 2.66. The Labute approximate surface area is 490 Å². The molecule has 1 unspecified atom stereocenters. The van der Waals surface area contributed by atoms with Crippen molar-refractivity contribution in [3.05, 3.63) is 287 Å². The Balaban J connectivity index is 0.923. The molecule has 0 fully saturated rings. The van der Waals surface area contributed by atoms with E-state index in [1.165, 1.54) is 161 Å². The van der Waals surface area contributed by atoms with E-state index in [4.69, 9.17) is 0 Å². The first-order valence-corrected chi connectivity index (χ1v) is 30.3. The molecule has 15 rings (SSSR count). The average molecular weight is 1070 g/mol. The Hall–Kier alpha value is -8.84. The second kappa shape index (κ2) is 19.1. The molecule has 0 amide bonds. The van der Waals surface area contributed by atoms with Gasteiger partial charge in [-0.15, -0.1) is 0 Å². The third-order valence-corrected chi connectivity index (χ3v) is 20.1. The van der Waals surface area contributed by atoms with E-state index in [-0.39, 0.29) is 22.2 Å². The topological polar surface area (TPSA) is 0 Å². The summed E-state index contributed by atoms with van der Waals surface area (Å²) in [6, 6.07) is 79.5. The van der Waals surface area contributed by atoms with E-state index >= 15 is 0 Å². The Bertz CT molecular complexity index is 4680. The maximum atomic E-state index is 2.55. The SMILES string of the molecule is C/C=C\C=C(\c1ccc2c(c1)C(C)(C)c1ccccc1-2)C(C)c1c2ccccc2c(-c2ccccc2-c2ccc3c(c2)C(C)(C)C2=C3C=CCCC2)c2ccc(-c3ccc4c(c3)C(C)(C)c3cc(-c5cccc6ccccc56)ccc3-4)cc12. The fourth-order valence-corrected chi connectivity index (χ4v) is 15.8. The highest BCUT2D eigenvalue weighted by Gasteiger charge is 2.39. The second-order valence-electron chi connectivity index (χ2n) is 25.7. The molecule has 4 aliphatic rings. The third-order valence-electron chi connectivity index (χ3n) is 20.1. The number of hydrogen-bond acceptors (Lipinski definition) is 0. The molecule has 0 aliphatic heterocycles. The lowest BCUT2D eigenvalue weighted by Gasteiger charge is -2.27. The standard InChI is InChI=1S/C83H70/c1-9-10-25-58(55-38-42-64-63-29-20-21-35-74(63)82(5,6)76(64)48-55)51(2)79-69-31-18-19-32-70(69)80(68-30-17-16-27-61(68)57-40-43-65-62-28-12-11-13-34-73(62)81(3,4)77(65)50-57)71-45-37-53(46-72(71)79)54-36-41-66-67-44-39-56(49-78(67)83(7,8)75(66)47-54)60-33-22-24-52-23-14-15-26-59(52)60/h9-10,12,14-33,35-51H,11,13,34H2,1-8H3/b10-9-,58-25+. The highest BCUT2D eigenvalue weighted by molar-refractivity contribution is 6.18. The zero-order valence-corrected chi connectivity index (χ0v) is 49.2. The van der Waals surface area contributed by atoms with Gasteiger partial charge in [-0.05, 0) is 211 Å². The van der Waals surface area contributed by atoms with Crippen molar-refractivity contribution < 1.29 is 0 Å². The molecule has 0 nitrogen and oxygen atoms in total. The summed E-state index contributed by atoms with van der Waals surface area (Å²) in [5, 5.41) is 7.68. The van der Waals surface area contributed by atoms with Gasteiger partial charge in [0.2, 0.25) is 0 Å². The van der Waals surface area contributed by atoms with Crippen molar-refractivity contribution >= 4 is 43.5 Å². The maximum Gasteiger partial charge on any atom is 0.0159 e. The molecule has 402 valence electrons. The molecular weight excluding hydrogens is 997 g/mol. The first kappa shape index (κ1) is 51.1. The largest absolute Gasteiger partial charge is 0.0877 e. The molecule has 0 bridgehead atoms. The van der Waals surface area contributed by atoms with Gasteiger partial charge in [0.1, 0.15) is 0 Å². The van der Waals surface area contributed by atoms with Gasteiger partial charge < -0.3 is 0 Å². The van der Waals surface area contributed by atoms with Gasteiger partial charge in [-0.2, -0.15) is 0 Å². The maximum absolute atomic E-state index is 2.55. The Morgan fingerprint density at radius 1 is 0.422 bits per heavy atom. The van der Waals surface area contributed by atoms with Crippen molar-refractivity contribution in [3.8, 4) is 66.8 Å². The Kier molecular flexibility index (Phi) is 11.8. The summed E-state index contributed by atoms with van der Waals surface area (Å²) in [5.41, 5.74) is 30.4. The van der Waals surface area contributed by atoms with Crippen LogP contribution in [0.3, 0.4) is 0 Å². The van der Waals surface area contributed by atoms with Gasteiger partial charge in [-0.3, -0.25) is 0 Å². The van der Waals surface area contributed by atoms with Gasteiger partial charge in [0.05, 0.1) is 0 Å². The number of rotatable bonds is 8. The summed E-state index contributed by atoms with van der Waals surface area (Å²) in [7, 11) is 0. The first-order valence-electron chi connectivity index (χ1n) is 30.3. The quantitative estimate of drug-likeness (QED) is 0.105. The van der Waals surface area contributed by atoms with Crippen LogP contribution in [-0.2, 0) is 16.2 Å². The van der Waals surface area contributed by atoms with Crippen molar-refractivity contribution in [1.29, 1.82) is 0 Å². The molecule has 0 saturated heterocycles. The second-order valence-corrected chi connectivity index (χ2v) is 25.7. The van der Waals surface area contributed by atoms with E-state index in [0.29, 0.717) is 0 Å². The van der Waals surface area contributed by atoms with Crippen LogP contribution in [0.2, 0.25) is 0 Å². The molecular formula is C83H70. The summed E-state index contributed by atoms with van der Waals surface area (Å²) in [6.45, 7) is 19.1. The lowest BCUT2D eigenvalue weighted by atomic mass is 9.76. The van der Waals surface area contributed by atoms with Crippen molar-refractivity contribution in [2.75, 3.05) is 0 Å². The smallest absolute Gasteiger partial charge is 0.0159 e. The van der Waals surface area contributed by atoms with Crippen LogP contribution in [0, 0.1) is 0 Å². The van der Waals surface area contributed by atoms with Gasteiger partial charge in [0.15, 0.2) is 0 Å². The summed E-state index contributed by atoms with van der Waals surface area (Å²) >= 11 is 0. The summed E-state index contributed by atoms with van der Waals surface area (Å²) in [4.78, 5) is 0. The van der Waals surface area contributed by atoms with Crippen molar-refractivity contribution in [2.24, 2.45) is 0 Å². The fraction of sp³-hybridized carbons (Fsp3) is 0.181. The van der Waals surface area contributed by atoms with Crippen LogP contribution >= 0.6 is 0 Å². The van der Waals surface area contributed by atoms with Gasteiger partial charge in [0.25, 0.3) is 0 Å². The van der Waals surface area contributed by atoms with Crippen LogP contribution in [0.25, 0.3) is 110 Å². The van der Waals surface area contributed by atoms with Gasteiger partial charge in [0, 0.05) is 22.2 Å². The molecule has 0 heterocycles. The highest BCUT2D eigenvalue weighted by atomic mass is 14.4. The molecule has 4 aliphatic carbocycles. The van der Waals surface area contributed by atoms with Crippen LogP contribution in [0.1, 0.15) is 125 Å². The predicted molar refractivity (Wildman–Crippen MR) is 356 cm³/mol. The minimum Gasteiger partial charge on any atom is -0.0877 e. The molecule has 11 aromatic carbocycles.